The number of nitrogens with two attached hydrogens (primary N) is 1. The van der Waals surface area contributed by atoms with E-state index in [2.05, 4.69) is 56.0 Å². The maximum absolute atomic E-state index is 6.04. The van der Waals surface area contributed by atoms with Crippen LogP contribution in [0.5, 0.6) is 0 Å². The van der Waals surface area contributed by atoms with Crippen molar-refractivity contribution in [1.29, 1.82) is 0 Å². The third-order valence-corrected chi connectivity index (χ3v) is 4.48. The highest BCUT2D eigenvalue weighted by Crippen LogP contribution is 2.32. The monoisotopic (exact) mass is 260 g/mol. The Morgan fingerprint density at radius 2 is 1.63 bits per heavy atom. The van der Waals surface area contributed by atoms with Gasteiger partial charge >= 0.3 is 0 Å². The lowest BCUT2D eigenvalue weighted by Crippen LogP contribution is -2.42. The third kappa shape index (κ3) is 3.58. The maximum Gasteiger partial charge on any atom is 0.0371 e. The Morgan fingerprint density at radius 1 is 1.05 bits per heavy atom. The predicted molar refractivity (Wildman–Crippen MR) is 82.0 cm³/mol. The van der Waals surface area contributed by atoms with E-state index in [0.29, 0.717) is 23.9 Å². The van der Waals surface area contributed by atoms with E-state index < -0.39 is 0 Å². The molecule has 2 N–H and O–H groups in total. The van der Waals surface area contributed by atoms with Crippen LogP contribution in [0.3, 0.4) is 0 Å². The molecule has 0 bridgehead atoms. The number of benzene rings is 1. The van der Waals surface area contributed by atoms with Gasteiger partial charge in [-0.05, 0) is 50.3 Å². The van der Waals surface area contributed by atoms with Gasteiger partial charge in [0.05, 0.1) is 0 Å². The quantitative estimate of drug-likeness (QED) is 0.898. The highest BCUT2D eigenvalue weighted by molar-refractivity contribution is 5.19. The number of nitrogens with zero attached hydrogens (tertiary/aromatic N) is 1. The Bertz CT molecular complexity index is 364. The van der Waals surface area contributed by atoms with E-state index in [-0.39, 0.29) is 0 Å². The second-order valence-corrected chi connectivity index (χ2v) is 6.33. The van der Waals surface area contributed by atoms with Crippen LogP contribution in [0.25, 0.3) is 0 Å². The van der Waals surface area contributed by atoms with Gasteiger partial charge in [0.15, 0.2) is 0 Å². The summed E-state index contributed by atoms with van der Waals surface area (Å²) in [6.45, 7) is 9.18. The molecule has 2 atom stereocenters. The van der Waals surface area contributed by atoms with Crippen LogP contribution in [0.4, 0.5) is 0 Å². The van der Waals surface area contributed by atoms with Crippen LogP contribution < -0.4 is 5.73 Å². The zero-order valence-electron chi connectivity index (χ0n) is 12.5. The first kappa shape index (κ1) is 14.5. The van der Waals surface area contributed by atoms with Gasteiger partial charge < -0.3 is 5.73 Å². The lowest BCUT2D eigenvalue weighted by molar-refractivity contribution is 0.0980. The summed E-state index contributed by atoms with van der Waals surface area (Å²) in [7, 11) is 0. The SMILES string of the molecule is CC(C)C(c1ccccc1)N1CCC(C(C)N)CC1. The van der Waals surface area contributed by atoms with E-state index in [9.17, 15) is 0 Å². The standard InChI is InChI=1S/C17H28N2/c1-13(2)17(16-7-5-4-6-8-16)19-11-9-15(10-12-19)14(3)18/h4-8,13-15,17H,9-12,18H2,1-3H3. The number of rotatable bonds is 4. The topological polar surface area (TPSA) is 29.3 Å². The fraction of sp³-hybridized carbons (Fsp3) is 0.647. The molecular weight excluding hydrogens is 232 g/mol. The van der Waals surface area contributed by atoms with Crippen molar-refractivity contribution in [3.8, 4) is 0 Å². The molecule has 1 aliphatic rings. The summed E-state index contributed by atoms with van der Waals surface area (Å²) in [5, 5.41) is 0. The van der Waals surface area contributed by atoms with Crippen molar-refractivity contribution >= 4 is 0 Å². The molecule has 1 fully saturated rings. The molecule has 0 aliphatic carbocycles. The molecule has 0 amide bonds. The summed E-state index contributed by atoms with van der Waals surface area (Å²) >= 11 is 0. The van der Waals surface area contributed by atoms with Gasteiger partial charge in [-0.25, -0.2) is 0 Å². The summed E-state index contributed by atoms with van der Waals surface area (Å²) in [6, 6.07) is 11.8. The van der Waals surface area contributed by atoms with Crippen LogP contribution in [-0.4, -0.2) is 24.0 Å². The van der Waals surface area contributed by atoms with Crippen molar-refractivity contribution in [2.75, 3.05) is 13.1 Å². The molecule has 0 aromatic heterocycles. The first-order valence-electron chi connectivity index (χ1n) is 7.64. The summed E-state index contributed by atoms with van der Waals surface area (Å²) < 4.78 is 0. The van der Waals surface area contributed by atoms with E-state index >= 15 is 0 Å². The van der Waals surface area contributed by atoms with Crippen LogP contribution in [0, 0.1) is 11.8 Å². The predicted octanol–water partition coefficient (Wildman–Crippen LogP) is 3.44. The molecule has 1 aliphatic heterocycles. The van der Waals surface area contributed by atoms with Crippen molar-refractivity contribution in [2.24, 2.45) is 17.6 Å². The van der Waals surface area contributed by atoms with Crippen molar-refractivity contribution < 1.29 is 0 Å². The average molecular weight is 260 g/mol. The minimum Gasteiger partial charge on any atom is -0.328 e. The Balaban J connectivity index is 2.06. The first-order valence-corrected chi connectivity index (χ1v) is 7.64. The smallest absolute Gasteiger partial charge is 0.0371 e. The Morgan fingerprint density at radius 3 is 2.11 bits per heavy atom. The maximum atomic E-state index is 6.04. The van der Waals surface area contributed by atoms with Crippen molar-refractivity contribution in [1.82, 2.24) is 4.90 Å². The molecule has 2 rings (SSSR count). The normalized spacial score (nSPS) is 21.5. The van der Waals surface area contributed by atoms with E-state index in [1.165, 1.54) is 31.5 Å². The zero-order valence-corrected chi connectivity index (χ0v) is 12.5. The highest BCUT2D eigenvalue weighted by atomic mass is 15.2. The van der Waals surface area contributed by atoms with Crippen LogP contribution in [0.2, 0.25) is 0 Å². The molecule has 2 heteroatoms. The number of likely N-dealkylation sites (tertiary alicyclic amines) is 1. The molecule has 0 radical (unpaired) electrons. The summed E-state index contributed by atoms with van der Waals surface area (Å²) in [5.74, 6) is 1.36. The van der Waals surface area contributed by atoms with Gasteiger partial charge in [-0.15, -0.1) is 0 Å². The average Bonchev–Trinajstić information content (AvgIpc) is 2.40. The first-order chi connectivity index (χ1) is 9.09. The lowest BCUT2D eigenvalue weighted by atomic mass is 9.87. The molecule has 2 unspecified atom stereocenters. The molecule has 1 aromatic carbocycles. The third-order valence-electron chi connectivity index (χ3n) is 4.48. The fourth-order valence-corrected chi connectivity index (χ4v) is 3.39. The van der Waals surface area contributed by atoms with Crippen LogP contribution in [0.1, 0.15) is 45.2 Å². The van der Waals surface area contributed by atoms with E-state index in [1.54, 1.807) is 0 Å². The highest BCUT2D eigenvalue weighted by Gasteiger charge is 2.28. The molecule has 1 heterocycles. The molecular formula is C17H28N2. The lowest BCUT2D eigenvalue weighted by Gasteiger charge is -2.40. The summed E-state index contributed by atoms with van der Waals surface area (Å²) in [6.07, 6.45) is 2.49. The molecule has 106 valence electrons. The fourth-order valence-electron chi connectivity index (χ4n) is 3.39. The van der Waals surface area contributed by atoms with Crippen LogP contribution >= 0.6 is 0 Å². The van der Waals surface area contributed by atoms with Crippen molar-refractivity contribution in [2.45, 2.75) is 45.7 Å². The molecule has 2 nitrogen and oxygen atoms in total. The Hall–Kier alpha value is -0.860. The molecule has 1 aromatic rings. The number of piperidine rings is 1. The molecule has 1 saturated heterocycles. The largest absolute Gasteiger partial charge is 0.328 e. The van der Waals surface area contributed by atoms with Gasteiger partial charge in [-0.2, -0.15) is 0 Å². The van der Waals surface area contributed by atoms with E-state index in [4.69, 9.17) is 5.73 Å². The van der Waals surface area contributed by atoms with Gasteiger partial charge in [0.1, 0.15) is 0 Å². The van der Waals surface area contributed by atoms with Crippen LogP contribution in [0.15, 0.2) is 30.3 Å². The minimum atomic E-state index is 0.344. The van der Waals surface area contributed by atoms with Crippen molar-refractivity contribution in [3.05, 3.63) is 35.9 Å². The molecule has 19 heavy (non-hydrogen) atoms. The second kappa shape index (κ2) is 6.53. The molecule has 0 saturated carbocycles. The number of hydrogen-bond donors (Lipinski definition) is 1. The minimum absolute atomic E-state index is 0.344. The number of hydrogen-bond acceptors (Lipinski definition) is 2. The van der Waals surface area contributed by atoms with Gasteiger partial charge in [0.2, 0.25) is 0 Å². The van der Waals surface area contributed by atoms with Gasteiger partial charge in [0, 0.05) is 12.1 Å². The van der Waals surface area contributed by atoms with E-state index in [1.807, 2.05) is 0 Å². The van der Waals surface area contributed by atoms with Gasteiger partial charge in [0.25, 0.3) is 0 Å². The van der Waals surface area contributed by atoms with Crippen molar-refractivity contribution in [3.63, 3.8) is 0 Å². The zero-order chi connectivity index (χ0) is 13.8. The summed E-state index contributed by atoms with van der Waals surface area (Å²) in [5.41, 5.74) is 7.50. The Kier molecular flexibility index (Phi) is 5.00. The van der Waals surface area contributed by atoms with Gasteiger partial charge in [-0.3, -0.25) is 4.90 Å². The second-order valence-electron chi connectivity index (χ2n) is 6.33. The molecule has 0 spiro atoms. The summed E-state index contributed by atoms with van der Waals surface area (Å²) in [4.78, 5) is 2.65. The van der Waals surface area contributed by atoms with E-state index in [0.717, 1.165) is 0 Å². The Labute approximate surface area is 118 Å². The van der Waals surface area contributed by atoms with Crippen LogP contribution in [-0.2, 0) is 0 Å². The van der Waals surface area contributed by atoms with Gasteiger partial charge in [-0.1, -0.05) is 44.2 Å².